The van der Waals surface area contributed by atoms with Gasteiger partial charge in [-0.1, -0.05) is 13.8 Å². The standard InChI is InChI=1S/C19H27ClO2/c1-17-7-6-14-12(13(17)3-4-15(17)21)9-16-19(22-16)10-11(20)5-8-18(14,19)2/h11-14,16H,3-10H2,1-2H3/t11-,12+,13+,14+,16+,17+,18-,19+/m1/s1. The summed E-state index contributed by atoms with van der Waals surface area (Å²) in [6.45, 7) is 4.75. The Balaban J connectivity index is 1.53. The lowest BCUT2D eigenvalue weighted by Crippen LogP contribution is -2.58. The van der Waals surface area contributed by atoms with Crippen LogP contribution in [0.15, 0.2) is 0 Å². The third kappa shape index (κ3) is 1.46. The van der Waals surface area contributed by atoms with Crippen LogP contribution in [0.5, 0.6) is 0 Å². The van der Waals surface area contributed by atoms with Gasteiger partial charge in [0.05, 0.1) is 6.10 Å². The molecule has 122 valence electrons. The number of rotatable bonds is 0. The largest absolute Gasteiger partial charge is 0.365 e. The van der Waals surface area contributed by atoms with Crippen molar-refractivity contribution in [1.82, 2.24) is 0 Å². The Hall–Kier alpha value is -0.0800. The number of carbonyl (C=O) groups excluding carboxylic acids is 1. The number of fused-ring (bicyclic) bond motifs is 4. The van der Waals surface area contributed by atoms with Crippen molar-refractivity contribution in [2.75, 3.05) is 0 Å². The van der Waals surface area contributed by atoms with E-state index in [1.807, 2.05) is 0 Å². The highest BCUT2D eigenvalue weighted by molar-refractivity contribution is 6.20. The first-order valence-corrected chi connectivity index (χ1v) is 9.69. The number of hydrogen-bond acceptors (Lipinski definition) is 2. The fourth-order valence-corrected chi connectivity index (χ4v) is 7.74. The molecule has 5 fully saturated rings. The minimum atomic E-state index is -0.0178. The highest BCUT2D eigenvalue weighted by Crippen LogP contribution is 2.73. The monoisotopic (exact) mass is 322 g/mol. The van der Waals surface area contributed by atoms with Crippen LogP contribution in [0.25, 0.3) is 0 Å². The molecule has 0 radical (unpaired) electrons. The summed E-state index contributed by atoms with van der Waals surface area (Å²) >= 11 is 6.50. The maximum atomic E-state index is 12.5. The van der Waals surface area contributed by atoms with Crippen molar-refractivity contribution in [1.29, 1.82) is 0 Å². The number of hydrogen-bond donors (Lipinski definition) is 0. The second kappa shape index (κ2) is 4.11. The molecule has 4 aliphatic carbocycles. The van der Waals surface area contributed by atoms with Gasteiger partial charge >= 0.3 is 0 Å². The Morgan fingerprint density at radius 2 is 1.95 bits per heavy atom. The van der Waals surface area contributed by atoms with Crippen LogP contribution >= 0.6 is 11.6 Å². The molecule has 0 unspecified atom stereocenters. The van der Waals surface area contributed by atoms with Gasteiger partial charge in [0.15, 0.2) is 0 Å². The van der Waals surface area contributed by atoms with Gasteiger partial charge in [0, 0.05) is 22.6 Å². The highest BCUT2D eigenvalue weighted by Gasteiger charge is 2.75. The van der Waals surface area contributed by atoms with Crippen LogP contribution in [0.4, 0.5) is 0 Å². The van der Waals surface area contributed by atoms with Crippen molar-refractivity contribution in [2.45, 2.75) is 82.3 Å². The minimum absolute atomic E-state index is 0.0178. The van der Waals surface area contributed by atoms with Gasteiger partial charge in [-0.05, 0) is 62.7 Å². The van der Waals surface area contributed by atoms with Gasteiger partial charge in [0.25, 0.3) is 0 Å². The van der Waals surface area contributed by atoms with E-state index in [0.717, 1.165) is 38.0 Å². The summed E-state index contributed by atoms with van der Waals surface area (Å²) in [7, 11) is 0. The number of alkyl halides is 1. The number of halogens is 1. The Labute approximate surface area is 138 Å². The van der Waals surface area contributed by atoms with Crippen LogP contribution in [-0.4, -0.2) is 22.9 Å². The molecule has 2 nitrogen and oxygen atoms in total. The molecule has 0 amide bonds. The van der Waals surface area contributed by atoms with Crippen LogP contribution in [-0.2, 0) is 9.53 Å². The van der Waals surface area contributed by atoms with E-state index in [0.29, 0.717) is 34.5 Å². The minimum Gasteiger partial charge on any atom is -0.365 e. The molecule has 1 saturated heterocycles. The van der Waals surface area contributed by atoms with E-state index in [1.165, 1.54) is 19.3 Å². The second-order valence-electron chi connectivity index (χ2n) is 9.28. The third-order valence-corrected chi connectivity index (χ3v) is 9.11. The molecule has 5 aliphatic rings. The van der Waals surface area contributed by atoms with E-state index in [9.17, 15) is 4.79 Å². The number of ketones is 1. The number of epoxide rings is 1. The quantitative estimate of drug-likeness (QED) is 0.490. The zero-order chi connectivity index (χ0) is 15.3. The van der Waals surface area contributed by atoms with E-state index in [-0.39, 0.29) is 11.0 Å². The zero-order valence-electron chi connectivity index (χ0n) is 13.7. The summed E-state index contributed by atoms with van der Waals surface area (Å²) in [4.78, 5) is 12.5. The molecular formula is C19H27ClO2. The zero-order valence-corrected chi connectivity index (χ0v) is 14.5. The van der Waals surface area contributed by atoms with Gasteiger partial charge in [-0.15, -0.1) is 11.6 Å². The van der Waals surface area contributed by atoms with Gasteiger partial charge in [0.1, 0.15) is 11.4 Å². The smallest absolute Gasteiger partial charge is 0.139 e. The lowest BCUT2D eigenvalue weighted by molar-refractivity contribution is -0.135. The van der Waals surface area contributed by atoms with E-state index in [1.54, 1.807) is 0 Å². The van der Waals surface area contributed by atoms with Gasteiger partial charge in [0.2, 0.25) is 0 Å². The lowest BCUT2D eigenvalue weighted by Gasteiger charge is -2.58. The molecule has 1 aliphatic heterocycles. The van der Waals surface area contributed by atoms with E-state index in [4.69, 9.17) is 16.3 Å². The molecule has 4 saturated carbocycles. The highest BCUT2D eigenvalue weighted by atomic mass is 35.5. The number of Topliss-reactive ketones (excluding diaryl/α,β-unsaturated/α-hetero) is 1. The SMILES string of the molecule is C[C@]12CC[C@H]3[C@@H](C[C@@H]4O[C@@]45C[C@H](Cl)CC[C@]35C)[C@@H]1CCC2=O. The second-order valence-corrected chi connectivity index (χ2v) is 9.90. The maximum Gasteiger partial charge on any atom is 0.139 e. The van der Waals surface area contributed by atoms with Crippen LogP contribution in [0, 0.1) is 28.6 Å². The van der Waals surface area contributed by atoms with Crippen molar-refractivity contribution in [3.05, 3.63) is 0 Å². The van der Waals surface area contributed by atoms with Crippen LogP contribution in [0.2, 0.25) is 0 Å². The predicted octanol–water partition coefficient (Wildman–Crippen LogP) is 4.34. The lowest BCUT2D eigenvalue weighted by atomic mass is 9.45. The molecule has 3 heteroatoms. The fourth-order valence-electron chi connectivity index (χ4n) is 7.40. The Morgan fingerprint density at radius 3 is 2.77 bits per heavy atom. The first-order chi connectivity index (χ1) is 10.4. The molecule has 8 atom stereocenters. The molecule has 5 rings (SSSR count). The van der Waals surface area contributed by atoms with Gasteiger partial charge < -0.3 is 4.74 Å². The van der Waals surface area contributed by atoms with Gasteiger partial charge in [-0.3, -0.25) is 4.79 Å². The molecule has 0 aromatic heterocycles. The van der Waals surface area contributed by atoms with Crippen molar-refractivity contribution < 1.29 is 9.53 Å². The van der Waals surface area contributed by atoms with Crippen LogP contribution < -0.4 is 0 Å². The number of carbonyl (C=O) groups is 1. The molecular weight excluding hydrogens is 296 g/mol. The third-order valence-electron chi connectivity index (χ3n) is 8.73. The van der Waals surface area contributed by atoms with E-state index in [2.05, 4.69) is 13.8 Å². The molecule has 0 N–H and O–H groups in total. The molecule has 22 heavy (non-hydrogen) atoms. The molecule has 1 heterocycles. The molecule has 1 spiro atoms. The Bertz CT molecular complexity index is 548. The van der Waals surface area contributed by atoms with Gasteiger partial charge in [-0.2, -0.15) is 0 Å². The summed E-state index contributed by atoms with van der Waals surface area (Å²) in [6.07, 6.45) is 9.32. The first-order valence-electron chi connectivity index (χ1n) is 9.26. The van der Waals surface area contributed by atoms with Crippen molar-refractivity contribution >= 4 is 17.4 Å². The average molecular weight is 323 g/mol. The summed E-state index contributed by atoms with van der Waals surface area (Å²) in [5.41, 5.74) is 0.379. The van der Waals surface area contributed by atoms with Crippen LogP contribution in [0.3, 0.4) is 0 Å². The average Bonchev–Trinajstić information content (AvgIpc) is 3.08. The molecule has 0 bridgehead atoms. The summed E-state index contributed by atoms with van der Waals surface area (Å²) in [5.74, 6) is 2.62. The number of ether oxygens (including phenoxy) is 1. The predicted molar refractivity (Wildman–Crippen MR) is 85.9 cm³/mol. The van der Waals surface area contributed by atoms with Crippen LogP contribution in [0.1, 0.15) is 65.2 Å². The fraction of sp³-hybridized carbons (Fsp3) is 0.947. The summed E-state index contributed by atoms with van der Waals surface area (Å²) < 4.78 is 6.37. The normalized spacial score (nSPS) is 62.7. The Morgan fingerprint density at radius 1 is 1.14 bits per heavy atom. The van der Waals surface area contributed by atoms with E-state index < -0.39 is 0 Å². The van der Waals surface area contributed by atoms with Crippen molar-refractivity contribution in [3.63, 3.8) is 0 Å². The molecule has 0 aromatic rings. The Kier molecular flexibility index (Phi) is 2.67. The van der Waals surface area contributed by atoms with Crippen molar-refractivity contribution in [2.24, 2.45) is 28.6 Å². The topological polar surface area (TPSA) is 29.6 Å². The van der Waals surface area contributed by atoms with Gasteiger partial charge in [-0.25, -0.2) is 0 Å². The summed E-state index contributed by atoms with van der Waals surface area (Å²) in [5, 5.41) is 0.302. The summed E-state index contributed by atoms with van der Waals surface area (Å²) in [6, 6.07) is 0. The molecule has 0 aromatic carbocycles. The maximum absolute atomic E-state index is 12.5. The van der Waals surface area contributed by atoms with E-state index >= 15 is 0 Å². The van der Waals surface area contributed by atoms with Crippen molar-refractivity contribution in [3.8, 4) is 0 Å². The first kappa shape index (κ1) is 14.3.